The van der Waals surface area contributed by atoms with Crippen LogP contribution >= 0.6 is 0 Å². The summed E-state index contributed by atoms with van der Waals surface area (Å²) in [5.74, 6) is 0.198. The molecule has 0 heterocycles. The van der Waals surface area contributed by atoms with Crippen molar-refractivity contribution in [3.63, 3.8) is 0 Å². The lowest BCUT2D eigenvalue weighted by Gasteiger charge is -2.38. The topological polar surface area (TPSA) is 20.3 Å². The molecule has 2 heteroatoms. The first kappa shape index (κ1) is 16.4. The van der Waals surface area contributed by atoms with E-state index in [0.29, 0.717) is 0 Å². The van der Waals surface area contributed by atoms with Crippen molar-refractivity contribution < 1.29 is 4.79 Å². The van der Waals surface area contributed by atoms with Gasteiger partial charge in [0.25, 0.3) is 0 Å². The van der Waals surface area contributed by atoms with Crippen molar-refractivity contribution in [1.82, 2.24) is 4.90 Å². The monoisotopic (exact) mass is 295 g/mol. The molecule has 0 saturated heterocycles. The number of hydrogen-bond acceptors (Lipinski definition) is 2. The van der Waals surface area contributed by atoms with Crippen LogP contribution in [-0.4, -0.2) is 30.3 Å². The third-order valence-corrected chi connectivity index (χ3v) is 4.52. The Hall–Kier alpha value is -1.93. The number of aryl methyl sites for hydroxylation is 1. The fraction of sp³-hybridized carbons (Fsp3) is 0.350. The summed E-state index contributed by atoms with van der Waals surface area (Å²) < 4.78 is 0. The summed E-state index contributed by atoms with van der Waals surface area (Å²) in [7, 11) is 4.00. The van der Waals surface area contributed by atoms with Crippen LogP contribution in [0.4, 0.5) is 0 Å². The smallest absolute Gasteiger partial charge is 0.183 e. The molecule has 2 aromatic rings. The third kappa shape index (κ3) is 3.28. The van der Waals surface area contributed by atoms with E-state index in [1.54, 1.807) is 0 Å². The van der Waals surface area contributed by atoms with Crippen LogP contribution in [0, 0.1) is 6.92 Å². The lowest BCUT2D eigenvalue weighted by atomic mass is 9.80. The number of hydrogen-bond donors (Lipinski definition) is 0. The van der Waals surface area contributed by atoms with Gasteiger partial charge < -0.3 is 0 Å². The van der Waals surface area contributed by atoms with Crippen LogP contribution in [0.15, 0.2) is 54.6 Å². The molecule has 0 aromatic heterocycles. The lowest BCUT2D eigenvalue weighted by Crippen LogP contribution is -2.52. The van der Waals surface area contributed by atoms with Crippen LogP contribution in [0.5, 0.6) is 0 Å². The largest absolute Gasteiger partial charge is 0.297 e. The highest BCUT2D eigenvalue weighted by molar-refractivity contribution is 6.03. The second-order valence-electron chi connectivity index (χ2n) is 6.14. The van der Waals surface area contributed by atoms with Gasteiger partial charge in [0.2, 0.25) is 0 Å². The number of nitrogens with zero attached hydrogens (tertiary/aromatic N) is 1. The van der Waals surface area contributed by atoms with Crippen molar-refractivity contribution >= 4 is 5.78 Å². The lowest BCUT2D eigenvalue weighted by molar-refractivity contribution is 0.0666. The van der Waals surface area contributed by atoms with E-state index in [1.165, 1.54) is 11.1 Å². The predicted octanol–water partition coefficient (Wildman–Crippen LogP) is 4.13. The molecule has 116 valence electrons. The van der Waals surface area contributed by atoms with E-state index in [4.69, 9.17) is 0 Å². The van der Waals surface area contributed by atoms with Crippen LogP contribution in [0.25, 0.3) is 0 Å². The molecule has 0 aliphatic heterocycles. The second-order valence-corrected chi connectivity index (χ2v) is 6.14. The number of rotatable bonds is 6. The highest BCUT2D eigenvalue weighted by Crippen LogP contribution is 2.27. The Morgan fingerprint density at radius 1 is 1.00 bits per heavy atom. The van der Waals surface area contributed by atoms with Crippen LogP contribution in [0.1, 0.15) is 34.8 Å². The minimum absolute atomic E-state index is 0.198. The van der Waals surface area contributed by atoms with E-state index in [1.807, 2.05) is 63.5 Å². The Bertz CT molecular complexity index is 616. The zero-order chi connectivity index (χ0) is 16.2. The summed E-state index contributed by atoms with van der Waals surface area (Å²) in [4.78, 5) is 15.3. The van der Waals surface area contributed by atoms with Crippen molar-refractivity contribution in [2.24, 2.45) is 0 Å². The molecule has 0 bridgehead atoms. The standard InChI is InChI=1S/C20H25NO/c1-5-20(21(3)4,15-17-9-7-6-8-10-17)19(22)18-13-11-16(2)12-14-18/h6-14H,5,15H2,1-4H3. The van der Waals surface area contributed by atoms with Gasteiger partial charge in [0.1, 0.15) is 0 Å². The number of ketones is 1. The molecule has 2 aromatic carbocycles. The molecule has 0 spiro atoms. The number of benzene rings is 2. The van der Waals surface area contributed by atoms with E-state index in [-0.39, 0.29) is 5.78 Å². The zero-order valence-corrected chi connectivity index (χ0v) is 14.0. The summed E-state index contributed by atoms with van der Waals surface area (Å²) in [5, 5.41) is 0. The molecule has 0 amide bonds. The number of likely N-dealkylation sites (N-methyl/N-ethyl adjacent to an activating group) is 1. The van der Waals surface area contributed by atoms with Gasteiger partial charge in [0.15, 0.2) is 5.78 Å². The molecule has 0 radical (unpaired) electrons. The number of Topliss-reactive ketones (excluding diaryl/α,β-unsaturated/α-hetero) is 1. The Labute approximate surface area is 133 Å². The molecular formula is C20H25NO. The van der Waals surface area contributed by atoms with E-state index < -0.39 is 5.54 Å². The normalized spacial score (nSPS) is 13.9. The fourth-order valence-corrected chi connectivity index (χ4v) is 2.95. The summed E-state index contributed by atoms with van der Waals surface area (Å²) in [6.45, 7) is 4.13. The van der Waals surface area contributed by atoms with Crippen molar-refractivity contribution in [2.45, 2.75) is 32.2 Å². The maximum Gasteiger partial charge on any atom is 0.183 e. The molecule has 0 aliphatic rings. The molecule has 0 N–H and O–H groups in total. The minimum Gasteiger partial charge on any atom is -0.297 e. The average Bonchev–Trinajstić information content (AvgIpc) is 2.53. The van der Waals surface area contributed by atoms with Crippen LogP contribution in [0.3, 0.4) is 0 Å². The molecule has 0 aliphatic carbocycles. The Balaban J connectivity index is 2.40. The van der Waals surface area contributed by atoms with Gasteiger partial charge in [-0.2, -0.15) is 0 Å². The summed E-state index contributed by atoms with van der Waals surface area (Å²) in [6.07, 6.45) is 1.51. The maximum atomic E-state index is 13.2. The fourth-order valence-electron chi connectivity index (χ4n) is 2.95. The average molecular weight is 295 g/mol. The van der Waals surface area contributed by atoms with Gasteiger partial charge in [-0.1, -0.05) is 67.1 Å². The summed E-state index contributed by atoms with van der Waals surface area (Å²) in [6, 6.07) is 18.1. The highest BCUT2D eigenvalue weighted by atomic mass is 16.1. The molecule has 2 rings (SSSR count). The maximum absolute atomic E-state index is 13.2. The van der Waals surface area contributed by atoms with Crippen molar-refractivity contribution in [2.75, 3.05) is 14.1 Å². The predicted molar refractivity (Wildman–Crippen MR) is 92.4 cm³/mol. The molecule has 22 heavy (non-hydrogen) atoms. The van der Waals surface area contributed by atoms with E-state index >= 15 is 0 Å². The molecular weight excluding hydrogens is 270 g/mol. The Kier molecular flexibility index (Phi) is 5.15. The highest BCUT2D eigenvalue weighted by Gasteiger charge is 2.39. The van der Waals surface area contributed by atoms with Crippen molar-refractivity contribution in [3.8, 4) is 0 Å². The van der Waals surface area contributed by atoms with Gasteiger partial charge >= 0.3 is 0 Å². The minimum atomic E-state index is -0.503. The van der Waals surface area contributed by atoms with Crippen molar-refractivity contribution in [1.29, 1.82) is 0 Å². The Morgan fingerprint density at radius 3 is 2.09 bits per heavy atom. The second kappa shape index (κ2) is 6.89. The molecule has 1 atom stereocenters. The van der Waals surface area contributed by atoms with E-state index in [9.17, 15) is 4.79 Å². The van der Waals surface area contributed by atoms with Crippen LogP contribution in [-0.2, 0) is 6.42 Å². The van der Waals surface area contributed by atoms with Gasteiger partial charge in [-0.15, -0.1) is 0 Å². The number of carbonyl (C=O) groups is 1. The molecule has 2 nitrogen and oxygen atoms in total. The molecule has 0 fully saturated rings. The third-order valence-electron chi connectivity index (χ3n) is 4.52. The van der Waals surface area contributed by atoms with Gasteiger partial charge in [0.05, 0.1) is 5.54 Å². The first-order chi connectivity index (χ1) is 10.5. The van der Waals surface area contributed by atoms with Gasteiger partial charge in [-0.25, -0.2) is 0 Å². The molecule has 1 unspecified atom stereocenters. The van der Waals surface area contributed by atoms with Crippen LogP contribution < -0.4 is 0 Å². The van der Waals surface area contributed by atoms with Crippen LogP contribution in [0.2, 0.25) is 0 Å². The van der Waals surface area contributed by atoms with Crippen molar-refractivity contribution in [3.05, 3.63) is 71.3 Å². The van der Waals surface area contributed by atoms with E-state index in [2.05, 4.69) is 24.0 Å². The summed E-state index contributed by atoms with van der Waals surface area (Å²) >= 11 is 0. The first-order valence-corrected chi connectivity index (χ1v) is 7.82. The first-order valence-electron chi connectivity index (χ1n) is 7.82. The summed E-state index contributed by atoms with van der Waals surface area (Å²) in [5.41, 5.74) is 2.65. The Morgan fingerprint density at radius 2 is 1.59 bits per heavy atom. The van der Waals surface area contributed by atoms with E-state index in [0.717, 1.165) is 18.4 Å². The van der Waals surface area contributed by atoms with Gasteiger partial charge in [0, 0.05) is 5.56 Å². The SMILES string of the molecule is CCC(Cc1ccccc1)(C(=O)c1ccc(C)cc1)N(C)C. The molecule has 0 saturated carbocycles. The van der Waals surface area contributed by atoms with Gasteiger partial charge in [-0.3, -0.25) is 9.69 Å². The zero-order valence-electron chi connectivity index (χ0n) is 14.0. The van der Waals surface area contributed by atoms with Gasteiger partial charge in [-0.05, 0) is 39.4 Å². The number of carbonyl (C=O) groups excluding carboxylic acids is 1. The quantitative estimate of drug-likeness (QED) is 0.747.